The summed E-state index contributed by atoms with van der Waals surface area (Å²) in [5, 5.41) is 0. The smallest absolute Gasteiger partial charge is 0.00774 e. The predicted molar refractivity (Wildman–Crippen MR) is 58.1 cm³/mol. The first-order chi connectivity index (χ1) is 4.15. The fourth-order valence-electron chi connectivity index (χ4n) is 0.204. The summed E-state index contributed by atoms with van der Waals surface area (Å²) in [6.45, 7) is 2.98. The highest BCUT2D eigenvalue weighted by molar-refractivity contribution is 5.85. The van der Waals surface area contributed by atoms with Crippen molar-refractivity contribution in [3.63, 3.8) is 0 Å². The van der Waals surface area contributed by atoms with Crippen molar-refractivity contribution in [2.45, 2.75) is 19.8 Å². The van der Waals surface area contributed by atoms with Crippen molar-refractivity contribution in [3.8, 4) is 0 Å². The molecule has 0 unspecified atom stereocenters. The summed E-state index contributed by atoms with van der Waals surface area (Å²) in [6, 6.07) is 0. The summed E-state index contributed by atoms with van der Waals surface area (Å²) in [5.74, 6) is 0. The van der Waals surface area contributed by atoms with Gasteiger partial charge in [0.2, 0.25) is 0 Å². The van der Waals surface area contributed by atoms with Gasteiger partial charge in [0.25, 0.3) is 0 Å². The fourth-order valence-corrected chi connectivity index (χ4v) is 0.204. The maximum absolute atomic E-state index is 5.14. The van der Waals surface area contributed by atoms with Gasteiger partial charge >= 0.3 is 0 Å². The van der Waals surface area contributed by atoms with Crippen LogP contribution >= 0.6 is 24.8 Å². The van der Waals surface area contributed by atoms with Crippen LogP contribution in [-0.2, 0) is 0 Å². The van der Waals surface area contributed by atoms with Crippen molar-refractivity contribution in [1.29, 1.82) is 0 Å². The lowest BCUT2D eigenvalue weighted by Gasteiger charge is -1.90. The number of hydrogen-bond donors (Lipinski definition) is 1. The molecule has 0 aliphatic rings. The maximum atomic E-state index is 5.14. The summed E-state index contributed by atoms with van der Waals surface area (Å²) in [4.78, 5) is 2.00. The van der Waals surface area contributed by atoms with Crippen LogP contribution in [0.3, 0.4) is 0 Å². The molecule has 0 spiro atoms. The van der Waals surface area contributed by atoms with Crippen LogP contribution in [0.15, 0.2) is 0 Å². The van der Waals surface area contributed by atoms with Gasteiger partial charge < -0.3 is 10.6 Å². The minimum Gasteiger partial charge on any atom is -0.330 e. The van der Waals surface area contributed by atoms with Crippen LogP contribution in [-0.4, -0.2) is 32.6 Å². The third-order valence-corrected chi connectivity index (χ3v) is 0.558. The van der Waals surface area contributed by atoms with Crippen molar-refractivity contribution in [3.05, 3.63) is 0 Å². The Labute approximate surface area is 83.3 Å². The summed E-state index contributed by atoms with van der Waals surface area (Å²) in [7, 11) is 6.00. The van der Waals surface area contributed by atoms with E-state index in [0.717, 1.165) is 6.54 Å². The van der Waals surface area contributed by atoms with Crippen LogP contribution in [0.25, 0.3) is 0 Å². The molecule has 2 nitrogen and oxygen atoms in total. The Hall–Kier alpha value is 0.500. The Morgan fingerprint density at radius 2 is 1.36 bits per heavy atom. The first-order valence-corrected chi connectivity index (χ1v) is 3.46. The number of unbranched alkanes of at least 4 members (excludes halogenated alkanes) is 1. The molecule has 0 aliphatic carbocycles. The lowest BCUT2D eigenvalue weighted by molar-refractivity contribution is 0.505. The molecule has 0 aromatic heterocycles. The van der Waals surface area contributed by atoms with E-state index in [1.54, 1.807) is 0 Å². The number of halogens is 2. The van der Waals surface area contributed by atoms with Crippen LogP contribution in [0.4, 0.5) is 0 Å². The van der Waals surface area contributed by atoms with Crippen LogP contribution in [0, 0.1) is 0 Å². The lowest BCUT2D eigenvalue weighted by atomic mass is 10.3. The van der Waals surface area contributed by atoms with Gasteiger partial charge in [0.1, 0.15) is 0 Å². The molecule has 0 aromatic rings. The maximum Gasteiger partial charge on any atom is -0.00774 e. The second kappa shape index (κ2) is 22.4. The van der Waals surface area contributed by atoms with Gasteiger partial charge in [0.15, 0.2) is 0 Å². The van der Waals surface area contributed by atoms with Gasteiger partial charge in [-0.25, -0.2) is 0 Å². The molecule has 4 heteroatoms. The molecule has 2 N–H and O–H groups in total. The van der Waals surface area contributed by atoms with Crippen molar-refractivity contribution in [2.24, 2.45) is 5.73 Å². The number of rotatable bonds is 2. The highest BCUT2D eigenvalue weighted by Gasteiger charge is 1.67. The molecule has 0 rings (SSSR count). The van der Waals surface area contributed by atoms with Crippen molar-refractivity contribution >= 4 is 24.8 Å². The molecule has 0 aromatic carbocycles. The molecule has 0 amide bonds. The van der Waals surface area contributed by atoms with Crippen LogP contribution in [0.1, 0.15) is 19.8 Å². The van der Waals surface area contributed by atoms with Crippen LogP contribution in [0.2, 0.25) is 0 Å². The van der Waals surface area contributed by atoms with E-state index in [1.807, 2.05) is 26.0 Å². The van der Waals surface area contributed by atoms with E-state index in [0.29, 0.717) is 0 Å². The summed E-state index contributed by atoms with van der Waals surface area (Å²) in [5.41, 5.74) is 5.14. The topological polar surface area (TPSA) is 29.3 Å². The van der Waals surface area contributed by atoms with E-state index >= 15 is 0 Å². The molecule has 0 radical (unpaired) electrons. The highest BCUT2D eigenvalue weighted by atomic mass is 35.5. The molecule has 0 atom stereocenters. The quantitative estimate of drug-likeness (QED) is 0.744. The van der Waals surface area contributed by atoms with Gasteiger partial charge in [-0.3, -0.25) is 0 Å². The van der Waals surface area contributed by atoms with Crippen LogP contribution in [0.5, 0.6) is 0 Å². The monoisotopic (exact) mass is 204 g/mol. The number of nitrogens with zero attached hydrogens (tertiary/aromatic N) is 1. The molecule has 0 aliphatic heterocycles. The average Bonchev–Trinajstić information content (AvgIpc) is 1.66. The average molecular weight is 205 g/mol. The Morgan fingerprint density at radius 1 is 1.09 bits per heavy atom. The van der Waals surface area contributed by atoms with Gasteiger partial charge in [-0.15, -0.1) is 24.8 Å². The van der Waals surface area contributed by atoms with E-state index in [4.69, 9.17) is 5.73 Å². The van der Waals surface area contributed by atoms with Gasteiger partial charge in [-0.2, -0.15) is 0 Å². The molecule has 0 bridgehead atoms. The van der Waals surface area contributed by atoms with E-state index < -0.39 is 0 Å². The summed E-state index contributed by atoms with van der Waals surface area (Å²) in [6.07, 6.45) is 2.39. The number of nitrogens with two attached hydrogens (primary N) is 1. The third kappa shape index (κ3) is 121. The minimum absolute atomic E-state index is 0. The Morgan fingerprint density at radius 3 is 1.36 bits per heavy atom. The second-order valence-corrected chi connectivity index (χ2v) is 2.48. The van der Waals surface area contributed by atoms with E-state index in [-0.39, 0.29) is 24.8 Å². The van der Waals surface area contributed by atoms with E-state index in [2.05, 4.69) is 6.92 Å². The van der Waals surface area contributed by atoms with Crippen molar-refractivity contribution in [2.75, 3.05) is 27.7 Å². The first kappa shape index (κ1) is 22.5. The fraction of sp³-hybridized carbons (Fsp3) is 1.00. The van der Waals surface area contributed by atoms with Crippen molar-refractivity contribution < 1.29 is 0 Å². The normalized spacial score (nSPS) is 7.09. The molecule has 11 heavy (non-hydrogen) atoms. The van der Waals surface area contributed by atoms with Gasteiger partial charge in [-0.1, -0.05) is 13.3 Å². The molecule has 74 valence electrons. The van der Waals surface area contributed by atoms with Crippen LogP contribution < -0.4 is 5.73 Å². The minimum atomic E-state index is 0. The Balaban J connectivity index is -0.0000000383. The predicted octanol–water partition coefficient (Wildman–Crippen LogP) is 1.77. The first-order valence-electron chi connectivity index (χ1n) is 3.46. The van der Waals surface area contributed by atoms with E-state index in [1.165, 1.54) is 12.8 Å². The Bertz CT molecular complexity index is 38.7. The standard InChI is InChI=1S/C4H11N.C3H9N.2ClH/c1-2-3-4-5;1-4(2)3;;/h2-5H2,1H3;1-3H3;2*1H. The number of hydrogen-bond acceptors (Lipinski definition) is 2. The molecule has 0 heterocycles. The lowest BCUT2D eigenvalue weighted by Crippen LogP contribution is -1.99. The molecular weight excluding hydrogens is 183 g/mol. The van der Waals surface area contributed by atoms with Gasteiger partial charge in [0, 0.05) is 0 Å². The van der Waals surface area contributed by atoms with Crippen molar-refractivity contribution in [1.82, 2.24) is 4.90 Å². The second-order valence-electron chi connectivity index (χ2n) is 2.48. The zero-order valence-corrected chi connectivity index (χ0v) is 9.60. The Kier molecular flexibility index (Phi) is 46.0. The molecule has 0 saturated carbocycles. The molecular formula is C7H22Cl2N2. The third-order valence-electron chi connectivity index (χ3n) is 0.558. The summed E-state index contributed by atoms with van der Waals surface area (Å²) < 4.78 is 0. The molecule has 0 saturated heterocycles. The summed E-state index contributed by atoms with van der Waals surface area (Å²) >= 11 is 0. The van der Waals surface area contributed by atoms with Gasteiger partial charge in [-0.05, 0) is 34.1 Å². The largest absolute Gasteiger partial charge is 0.330 e. The SMILES string of the molecule is CCCCN.CN(C)C.Cl.Cl. The van der Waals surface area contributed by atoms with Gasteiger partial charge in [0.05, 0.1) is 0 Å². The van der Waals surface area contributed by atoms with E-state index in [9.17, 15) is 0 Å². The zero-order valence-electron chi connectivity index (χ0n) is 7.96. The molecule has 0 fully saturated rings. The highest BCUT2D eigenvalue weighted by Crippen LogP contribution is 1.77. The zero-order chi connectivity index (χ0) is 7.70.